The Bertz CT molecular complexity index is 578. The lowest BCUT2D eigenvalue weighted by Gasteiger charge is -2.25. The number of nitrogens with zero attached hydrogens (tertiary/aromatic N) is 1. The highest BCUT2D eigenvalue weighted by atomic mass is 16.4. The van der Waals surface area contributed by atoms with E-state index < -0.39 is 12.0 Å². The summed E-state index contributed by atoms with van der Waals surface area (Å²) >= 11 is 0. The van der Waals surface area contributed by atoms with E-state index in [0.717, 1.165) is 18.7 Å². The van der Waals surface area contributed by atoms with Crippen molar-refractivity contribution >= 4 is 11.9 Å². The Balaban J connectivity index is 2.10. The van der Waals surface area contributed by atoms with Crippen molar-refractivity contribution < 1.29 is 14.7 Å². The van der Waals surface area contributed by atoms with Crippen LogP contribution in [0.2, 0.25) is 0 Å². The molecule has 2 rings (SSSR count). The highest BCUT2D eigenvalue weighted by Gasteiger charge is 2.31. The number of carboxylic acids is 1. The Morgan fingerprint density at radius 1 is 1.52 bits per heavy atom. The average Bonchev–Trinajstić information content (AvgIpc) is 2.93. The molecule has 0 spiro atoms. The van der Waals surface area contributed by atoms with E-state index in [1.165, 1.54) is 0 Å². The van der Waals surface area contributed by atoms with Crippen molar-refractivity contribution in [2.24, 2.45) is 11.7 Å². The van der Waals surface area contributed by atoms with Crippen molar-refractivity contribution in [1.29, 1.82) is 0 Å². The summed E-state index contributed by atoms with van der Waals surface area (Å²) in [5, 5.41) is 13.5. The normalized spacial score (nSPS) is 22.7. The van der Waals surface area contributed by atoms with Gasteiger partial charge in [0.15, 0.2) is 0 Å². The van der Waals surface area contributed by atoms with Gasteiger partial charge < -0.3 is 16.2 Å². The highest BCUT2D eigenvalue weighted by Crippen LogP contribution is 2.31. The summed E-state index contributed by atoms with van der Waals surface area (Å²) in [7, 11) is 0. The van der Waals surface area contributed by atoms with Gasteiger partial charge in [-0.25, -0.2) is 5.01 Å². The molecule has 7 heteroatoms. The van der Waals surface area contributed by atoms with Crippen molar-refractivity contribution in [3.8, 4) is 0 Å². The molecular formula is C16H24N4O3. The number of nitrogens with one attached hydrogen (secondary N) is 2. The van der Waals surface area contributed by atoms with Crippen LogP contribution in [-0.2, 0) is 4.79 Å². The van der Waals surface area contributed by atoms with Crippen molar-refractivity contribution in [2.75, 3.05) is 19.6 Å². The van der Waals surface area contributed by atoms with Crippen molar-refractivity contribution in [1.82, 2.24) is 15.8 Å². The summed E-state index contributed by atoms with van der Waals surface area (Å²) in [4.78, 5) is 22.9. The molecule has 1 aliphatic heterocycles. The third kappa shape index (κ3) is 4.07. The van der Waals surface area contributed by atoms with E-state index in [-0.39, 0.29) is 18.5 Å². The molecule has 0 radical (unpaired) electrons. The van der Waals surface area contributed by atoms with Crippen LogP contribution in [0.5, 0.6) is 0 Å². The van der Waals surface area contributed by atoms with Gasteiger partial charge in [0.05, 0.1) is 6.04 Å². The maximum Gasteiger partial charge on any atom is 0.322 e. The lowest BCUT2D eigenvalue weighted by atomic mass is 9.94. The molecule has 1 heterocycles. The van der Waals surface area contributed by atoms with E-state index in [2.05, 4.69) is 29.6 Å². The number of carbonyl (C=O) groups is 2. The third-order valence-electron chi connectivity index (χ3n) is 4.12. The number of nitrogens with two attached hydrogens (primary N) is 1. The fourth-order valence-electron chi connectivity index (χ4n) is 2.85. The number of carboxylic acid groups (broad SMARTS) is 1. The van der Waals surface area contributed by atoms with Crippen LogP contribution < -0.4 is 16.5 Å². The molecule has 1 amide bonds. The first-order valence-electron chi connectivity index (χ1n) is 7.80. The molecule has 7 nitrogen and oxygen atoms in total. The van der Waals surface area contributed by atoms with Gasteiger partial charge >= 0.3 is 5.97 Å². The van der Waals surface area contributed by atoms with Gasteiger partial charge in [0.25, 0.3) is 5.91 Å². The lowest BCUT2D eigenvalue weighted by Crippen LogP contribution is -2.42. The molecule has 1 aliphatic rings. The summed E-state index contributed by atoms with van der Waals surface area (Å²) in [6, 6.07) is 6.55. The molecule has 0 aromatic heterocycles. The number of hydrogen-bond donors (Lipinski definition) is 4. The van der Waals surface area contributed by atoms with Gasteiger partial charge in [-0.15, -0.1) is 0 Å². The summed E-state index contributed by atoms with van der Waals surface area (Å²) in [5.74, 6) is -1.01. The Hall–Kier alpha value is -1.96. The van der Waals surface area contributed by atoms with Crippen LogP contribution in [0.25, 0.3) is 0 Å². The summed E-state index contributed by atoms with van der Waals surface area (Å²) in [5.41, 5.74) is 10.3. The molecule has 126 valence electrons. The monoisotopic (exact) mass is 320 g/mol. The van der Waals surface area contributed by atoms with Crippen LogP contribution >= 0.6 is 0 Å². The average molecular weight is 320 g/mol. The second-order valence-electron chi connectivity index (χ2n) is 5.85. The largest absolute Gasteiger partial charge is 0.480 e. The fraction of sp³-hybridized carbons (Fsp3) is 0.500. The number of carbonyl (C=O) groups excluding carboxylic acids is 1. The zero-order chi connectivity index (χ0) is 17.0. The van der Waals surface area contributed by atoms with Gasteiger partial charge in [-0.3, -0.25) is 15.0 Å². The van der Waals surface area contributed by atoms with Crippen LogP contribution in [-0.4, -0.2) is 47.7 Å². The van der Waals surface area contributed by atoms with E-state index >= 15 is 0 Å². The van der Waals surface area contributed by atoms with E-state index in [0.29, 0.717) is 11.5 Å². The van der Waals surface area contributed by atoms with Crippen LogP contribution in [0.3, 0.4) is 0 Å². The number of hydrazine groups is 1. The number of aliphatic carboxylic acids is 1. The maximum absolute atomic E-state index is 12.2. The fourth-order valence-corrected chi connectivity index (χ4v) is 2.85. The predicted molar refractivity (Wildman–Crippen MR) is 86.7 cm³/mol. The van der Waals surface area contributed by atoms with Crippen LogP contribution in [0.1, 0.15) is 35.8 Å². The number of benzene rings is 1. The minimum atomic E-state index is -1.14. The van der Waals surface area contributed by atoms with Crippen molar-refractivity contribution in [2.45, 2.75) is 25.9 Å². The Labute approximate surface area is 135 Å². The minimum absolute atomic E-state index is 0.0964. The Morgan fingerprint density at radius 2 is 2.26 bits per heavy atom. The van der Waals surface area contributed by atoms with E-state index in [1.54, 1.807) is 6.07 Å². The van der Waals surface area contributed by atoms with E-state index in [4.69, 9.17) is 10.8 Å². The van der Waals surface area contributed by atoms with Gasteiger partial charge in [0.2, 0.25) is 0 Å². The van der Waals surface area contributed by atoms with E-state index in [1.807, 2.05) is 18.2 Å². The molecule has 23 heavy (non-hydrogen) atoms. The van der Waals surface area contributed by atoms with Gasteiger partial charge in [-0.05, 0) is 23.6 Å². The molecule has 1 saturated heterocycles. The predicted octanol–water partition coefficient (Wildman–Crippen LogP) is 0.346. The first-order valence-corrected chi connectivity index (χ1v) is 7.80. The molecule has 0 saturated carbocycles. The molecular weight excluding hydrogens is 296 g/mol. The Kier molecular flexibility index (Phi) is 5.70. The van der Waals surface area contributed by atoms with Crippen molar-refractivity contribution in [3.05, 3.63) is 35.4 Å². The molecule has 5 N–H and O–H groups in total. The van der Waals surface area contributed by atoms with Crippen LogP contribution in [0.15, 0.2) is 24.3 Å². The van der Waals surface area contributed by atoms with Gasteiger partial charge in [0, 0.05) is 25.2 Å². The number of rotatable bonds is 6. The maximum atomic E-state index is 12.2. The number of amides is 1. The van der Waals surface area contributed by atoms with Gasteiger partial charge in [0.1, 0.15) is 6.04 Å². The van der Waals surface area contributed by atoms with Gasteiger partial charge in [-0.1, -0.05) is 26.0 Å². The molecule has 0 aliphatic carbocycles. The molecule has 3 atom stereocenters. The zero-order valence-electron chi connectivity index (χ0n) is 13.5. The molecule has 0 bridgehead atoms. The summed E-state index contributed by atoms with van der Waals surface area (Å²) in [6.07, 6.45) is 0. The van der Waals surface area contributed by atoms with Crippen LogP contribution in [0, 0.1) is 5.92 Å². The summed E-state index contributed by atoms with van der Waals surface area (Å²) in [6.45, 7) is 5.94. The Morgan fingerprint density at radius 3 is 2.91 bits per heavy atom. The quantitative estimate of drug-likeness (QED) is 0.602. The second-order valence-corrected chi connectivity index (χ2v) is 5.85. The first kappa shape index (κ1) is 17.4. The minimum Gasteiger partial charge on any atom is -0.480 e. The summed E-state index contributed by atoms with van der Waals surface area (Å²) < 4.78 is 0. The molecule has 1 fully saturated rings. The second kappa shape index (κ2) is 7.54. The zero-order valence-corrected chi connectivity index (χ0v) is 13.5. The standard InChI is InChI=1S/C16H24N4O3/c1-3-20-14(10(2)8-19-20)11-5-4-6-12(7-11)15(21)18-9-13(17)16(22)23/h4-7,10,13-14,19H,3,8-9,17H2,1-2H3,(H,18,21)(H,22,23)/t10?,13-,14?/m1/s1. The smallest absolute Gasteiger partial charge is 0.322 e. The first-order chi connectivity index (χ1) is 10.9. The SMILES string of the molecule is CCN1NCC(C)C1c1cccc(C(=O)NC[C@@H](N)C(=O)O)c1. The van der Waals surface area contributed by atoms with Gasteiger partial charge in [-0.2, -0.15) is 0 Å². The molecule has 1 aromatic carbocycles. The highest BCUT2D eigenvalue weighted by molar-refractivity contribution is 5.94. The van der Waals surface area contributed by atoms with E-state index in [9.17, 15) is 9.59 Å². The van der Waals surface area contributed by atoms with Crippen molar-refractivity contribution in [3.63, 3.8) is 0 Å². The lowest BCUT2D eigenvalue weighted by molar-refractivity contribution is -0.138. The topological polar surface area (TPSA) is 108 Å². The molecule has 2 unspecified atom stereocenters. The molecule has 1 aromatic rings. The third-order valence-corrected chi connectivity index (χ3v) is 4.12. The van der Waals surface area contributed by atoms with Crippen LogP contribution in [0.4, 0.5) is 0 Å². The number of hydrogen-bond acceptors (Lipinski definition) is 5.